The maximum Gasteiger partial charge on any atom is 0.264 e. The summed E-state index contributed by atoms with van der Waals surface area (Å²) in [6, 6.07) is 35.2. The van der Waals surface area contributed by atoms with Crippen molar-refractivity contribution in [1.29, 1.82) is 0 Å². The molecule has 0 aliphatic rings. The monoisotopic (exact) mass is 516 g/mol. The maximum atomic E-state index is 13.7. The summed E-state index contributed by atoms with van der Waals surface area (Å²) in [5, 5.41) is 11.2. The molecular formula is C30H32N2O4S. The van der Waals surface area contributed by atoms with Gasteiger partial charge in [-0.15, -0.1) is 0 Å². The molecule has 0 bridgehead atoms. The van der Waals surface area contributed by atoms with Crippen molar-refractivity contribution in [1.82, 2.24) is 4.90 Å². The van der Waals surface area contributed by atoms with Gasteiger partial charge in [0.25, 0.3) is 10.0 Å². The highest BCUT2D eigenvalue weighted by molar-refractivity contribution is 7.92. The molecule has 0 fully saturated rings. The summed E-state index contributed by atoms with van der Waals surface area (Å²) < 4.78 is 33.8. The van der Waals surface area contributed by atoms with Crippen LogP contribution in [0.15, 0.2) is 120 Å². The van der Waals surface area contributed by atoms with Crippen LogP contribution in [0, 0.1) is 0 Å². The molecule has 192 valence electrons. The van der Waals surface area contributed by atoms with E-state index in [0.29, 0.717) is 31.1 Å². The lowest BCUT2D eigenvalue weighted by Gasteiger charge is -2.30. The van der Waals surface area contributed by atoms with E-state index in [1.165, 1.54) is 4.31 Å². The molecule has 0 aliphatic carbocycles. The van der Waals surface area contributed by atoms with Crippen LogP contribution in [-0.4, -0.2) is 44.7 Å². The topological polar surface area (TPSA) is 70.1 Å². The van der Waals surface area contributed by atoms with Crippen molar-refractivity contribution >= 4 is 15.7 Å². The number of nitrogens with zero attached hydrogens (tertiary/aromatic N) is 2. The second-order valence-electron chi connectivity index (χ2n) is 8.84. The van der Waals surface area contributed by atoms with Gasteiger partial charge in [-0.25, -0.2) is 8.42 Å². The van der Waals surface area contributed by atoms with E-state index in [9.17, 15) is 13.5 Å². The van der Waals surface area contributed by atoms with E-state index in [1.807, 2.05) is 60.7 Å². The van der Waals surface area contributed by atoms with Crippen molar-refractivity contribution in [2.75, 3.05) is 24.5 Å². The van der Waals surface area contributed by atoms with Crippen LogP contribution in [0.3, 0.4) is 0 Å². The molecule has 0 saturated carbocycles. The van der Waals surface area contributed by atoms with E-state index in [0.717, 1.165) is 11.1 Å². The van der Waals surface area contributed by atoms with Crippen LogP contribution >= 0.6 is 0 Å². The Morgan fingerprint density at radius 3 is 1.68 bits per heavy atom. The largest absolute Gasteiger partial charge is 0.497 e. The highest BCUT2D eigenvalue weighted by atomic mass is 32.2. The summed E-state index contributed by atoms with van der Waals surface area (Å²) in [6.07, 6.45) is -0.937. The number of aliphatic hydroxyl groups excluding tert-OH is 1. The molecule has 0 spiro atoms. The molecule has 0 radical (unpaired) electrons. The summed E-state index contributed by atoms with van der Waals surface area (Å²) in [7, 11) is -2.35. The highest BCUT2D eigenvalue weighted by Crippen LogP contribution is 2.26. The minimum Gasteiger partial charge on any atom is -0.497 e. The number of ether oxygens (including phenoxy) is 1. The number of aliphatic hydroxyl groups is 1. The molecule has 4 aromatic rings. The molecule has 1 N–H and O–H groups in total. The average Bonchev–Trinajstić information content (AvgIpc) is 2.93. The molecule has 1 atom stereocenters. The zero-order valence-electron chi connectivity index (χ0n) is 20.9. The van der Waals surface area contributed by atoms with Crippen molar-refractivity contribution in [3.63, 3.8) is 0 Å². The Morgan fingerprint density at radius 2 is 1.19 bits per heavy atom. The number of hydrogen-bond acceptors (Lipinski definition) is 5. The summed E-state index contributed by atoms with van der Waals surface area (Å²) >= 11 is 0. The fraction of sp³-hybridized carbons (Fsp3) is 0.200. The molecule has 0 aliphatic heterocycles. The van der Waals surface area contributed by atoms with E-state index in [2.05, 4.69) is 4.90 Å². The summed E-state index contributed by atoms with van der Waals surface area (Å²) in [5.41, 5.74) is 2.70. The third-order valence-electron chi connectivity index (χ3n) is 6.04. The zero-order chi connectivity index (χ0) is 26.1. The van der Waals surface area contributed by atoms with Gasteiger partial charge in [0, 0.05) is 19.6 Å². The average molecular weight is 517 g/mol. The number of benzene rings is 4. The molecule has 1 unspecified atom stereocenters. The number of rotatable bonds is 12. The Kier molecular flexibility index (Phi) is 8.95. The van der Waals surface area contributed by atoms with Crippen LogP contribution in [0.5, 0.6) is 5.75 Å². The summed E-state index contributed by atoms with van der Waals surface area (Å²) in [5.74, 6) is 0.623. The van der Waals surface area contributed by atoms with Gasteiger partial charge >= 0.3 is 0 Å². The molecule has 0 heterocycles. The van der Waals surface area contributed by atoms with Crippen molar-refractivity contribution in [2.45, 2.75) is 24.1 Å². The van der Waals surface area contributed by atoms with E-state index >= 15 is 0 Å². The number of methoxy groups -OCH3 is 1. The Labute approximate surface area is 219 Å². The summed E-state index contributed by atoms with van der Waals surface area (Å²) in [6.45, 7) is 1.45. The molecule has 0 amide bonds. The van der Waals surface area contributed by atoms with E-state index in [1.54, 1.807) is 61.7 Å². The molecule has 4 aromatic carbocycles. The standard InChI is InChI=1S/C30H32N2O4S/c1-36-29-19-17-27(18-20-29)32(37(34,35)30-15-9-4-10-16-30)24-28(33)23-31(21-25-11-5-2-6-12-25)22-26-13-7-3-8-14-26/h2-20,28,33H,21-24H2,1H3. The molecule has 0 aromatic heterocycles. The lowest BCUT2D eigenvalue weighted by molar-refractivity contribution is 0.111. The second kappa shape index (κ2) is 12.5. The SMILES string of the molecule is COc1ccc(N(CC(O)CN(Cc2ccccc2)Cc2ccccc2)S(=O)(=O)c2ccccc2)cc1. The van der Waals surface area contributed by atoms with Crippen molar-refractivity contribution < 1.29 is 18.3 Å². The number of anilines is 1. The first kappa shape index (κ1) is 26.4. The lowest BCUT2D eigenvalue weighted by atomic mass is 10.1. The predicted octanol–water partition coefficient (Wildman–Crippen LogP) is 4.95. The maximum absolute atomic E-state index is 13.7. The predicted molar refractivity (Wildman–Crippen MR) is 147 cm³/mol. The van der Waals surface area contributed by atoms with Crippen LogP contribution in [0.1, 0.15) is 11.1 Å². The van der Waals surface area contributed by atoms with Crippen LogP contribution < -0.4 is 9.04 Å². The third-order valence-corrected chi connectivity index (χ3v) is 7.84. The van der Waals surface area contributed by atoms with E-state index < -0.39 is 16.1 Å². The van der Waals surface area contributed by atoms with Crippen LogP contribution in [0.4, 0.5) is 5.69 Å². The third kappa shape index (κ3) is 7.20. The van der Waals surface area contributed by atoms with Crippen molar-refractivity contribution in [3.05, 3.63) is 126 Å². The first-order valence-electron chi connectivity index (χ1n) is 12.2. The zero-order valence-corrected chi connectivity index (χ0v) is 21.7. The Bertz CT molecular complexity index is 1290. The first-order chi connectivity index (χ1) is 18.0. The second-order valence-corrected chi connectivity index (χ2v) is 10.7. The fourth-order valence-electron chi connectivity index (χ4n) is 4.23. The summed E-state index contributed by atoms with van der Waals surface area (Å²) in [4.78, 5) is 2.31. The number of hydrogen-bond donors (Lipinski definition) is 1. The van der Waals surface area contributed by atoms with Gasteiger partial charge in [-0.2, -0.15) is 0 Å². The molecule has 6 nitrogen and oxygen atoms in total. The quantitative estimate of drug-likeness (QED) is 0.288. The molecular weight excluding hydrogens is 484 g/mol. The van der Waals surface area contributed by atoms with Gasteiger partial charge < -0.3 is 9.84 Å². The minimum absolute atomic E-state index is 0.0936. The van der Waals surface area contributed by atoms with Crippen molar-refractivity contribution in [3.8, 4) is 5.75 Å². The fourth-order valence-corrected chi connectivity index (χ4v) is 5.75. The number of sulfonamides is 1. The Morgan fingerprint density at radius 1 is 0.703 bits per heavy atom. The van der Waals surface area contributed by atoms with E-state index in [4.69, 9.17) is 4.74 Å². The smallest absolute Gasteiger partial charge is 0.264 e. The molecule has 0 saturated heterocycles. The van der Waals surface area contributed by atoms with Gasteiger partial charge in [0.1, 0.15) is 5.75 Å². The van der Waals surface area contributed by atoms with Gasteiger partial charge in [0.05, 0.1) is 30.3 Å². The lowest BCUT2D eigenvalue weighted by Crippen LogP contribution is -2.42. The van der Waals surface area contributed by atoms with Crippen molar-refractivity contribution in [2.24, 2.45) is 0 Å². The van der Waals surface area contributed by atoms with Gasteiger partial charge in [-0.05, 0) is 47.5 Å². The molecule has 4 rings (SSSR count). The van der Waals surface area contributed by atoms with Crippen LogP contribution in [0.25, 0.3) is 0 Å². The minimum atomic E-state index is -3.91. The van der Waals surface area contributed by atoms with Gasteiger partial charge in [0.2, 0.25) is 0 Å². The Hall–Kier alpha value is -3.65. The molecule has 37 heavy (non-hydrogen) atoms. The van der Waals surface area contributed by atoms with Crippen LogP contribution in [-0.2, 0) is 23.1 Å². The normalized spacial score (nSPS) is 12.3. The van der Waals surface area contributed by atoms with Gasteiger partial charge in [0.15, 0.2) is 0 Å². The Balaban J connectivity index is 1.59. The molecule has 7 heteroatoms. The van der Waals surface area contributed by atoms with Crippen LogP contribution in [0.2, 0.25) is 0 Å². The first-order valence-corrected chi connectivity index (χ1v) is 13.6. The van der Waals surface area contributed by atoms with Gasteiger partial charge in [-0.3, -0.25) is 9.21 Å². The van der Waals surface area contributed by atoms with Gasteiger partial charge in [-0.1, -0.05) is 78.9 Å². The highest BCUT2D eigenvalue weighted by Gasteiger charge is 2.28. The van der Waals surface area contributed by atoms with E-state index in [-0.39, 0.29) is 11.4 Å².